The summed E-state index contributed by atoms with van der Waals surface area (Å²) in [7, 11) is -3.54. The highest BCUT2D eigenvalue weighted by Crippen LogP contribution is 2.32. The number of carbonyl (C=O) groups is 1. The van der Waals surface area contributed by atoms with Crippen LogP contribution in [0.5, 0.6) is 0 Å². The van der Waals surface area contributed by atoms with Crippen LogP contribution in [-0.2, 0) is 10.0 Å². The molecule has 9 heteroatoms. The van der Waals surface area contributed by atoms with Gasteiger partial charge in [-0.3, -0.25) is 10.1 Å². The lowest BCUT2D eigenvalue weighted by Gasteiger charge is -2.18. The molecule has 1 N–H and O–H groups in total. The minimum Gasteiger partial charge on any atom is -0.298 e. The molecule has 0 aliphatic heterocycles. The number of sulfonamides is 1. The maximum absolute atomic E-state index is 12.5. The Morgan fingerprint density at radius 3 is 2.43 bits per heavy atom. The summed E-state index contributed by atoms with van der Waals surface area (Å²) in [5, 5.41) is 3.32. The number of thiazole rings is 1. The van der Waals surface area contributed by atoms with Crippen molar-refractivity contribution in [2.45, 2.75) is 23.6 Å². The number of fused-ring (bicyclic) bond motifs is 1. The number of hydrogen-bond acceptors (Lipinski definition) is 6. The molecule has 6 nitrogen and oxygen atoms in total. The van der Waals surface area contributed by atoms with E-state index < -0.39 is 10.0 Å². The van der Waals surface area contributed by atoms with Gasteiger partial charge in [0, 0.05) is 23.5 Å². The Morgan fingerprint density at radius 2 is 1.82 bits per heavy atom. The number of nitrogens with one attached hydrogen (secondary N) is 1. The zero-order chi connectivity index (χ0) is 20.3. The molecule has 2 aromatic carbocycles. The number of carbonyl (C=O) groups excluding carboxylic acids is 1. The summed E-state index contributed by atoms with van der Waals surface area (Å²) < 4.78 is 27.5. The highest BCUT2D eigenvalue weighted by Gasteiger charge is 2.22. The van der Waals surface area contributed by atoms with Gasteiger partial charge in [0.2, 0.25) is 10.0 Å². The summed E-state index contributed by atoms with van der Waals surface area (Å²) in [6.07, 6.45) is 1.99. The normalized spacial score (nSPS) is 11.9. The molecule has 0 fully saturated rings. The largest absolute Gasteiger partial charge is 0.298 e. The van der Waals surface area contributed by atoms with Crippen molar-refractivity contribution >= 4 is 54.4 Å². The Bertz CT molecular complexity index is 1090. The van der Waals surface area contributed by atoms with E-state index in [0.29, 0.717) is 23.8 Å². The smallest absolute Gasteiger partial charge is 0.257 e. The average Bonchev–Trinajstić information content (AvgIpc) is 3.11. The van der Waals surface area contributed by atoms with Crippen LogP contribution in [0.25, 0.3) is 10.2 Å². The lowest BCUT2D eigenvalue weighted by Crippen LogP contribution is -2.30. The molecule has 0 aliphatic carbocycles. The van der Waals surface area contributed by atoms with Crippen molar-refractivity contribution in [3.05, 3.63) is 48.0 Å². The van der Waals surface area contributed by atoms with Crippen LogP contribution in [0.3, 0.4) is 0 Å². The van der Waals surface area contributed by atoms with E-state index in [9.17, 15) is 13.2 Å². The fourth-order valence-electron chi connectivity index (χ4n) is 2.80. The molecule has 0 spiro atoms. The minimum atomic E-state index is -3.54. The molecule has 1 heterocycles. The summed E-state index contributed by atoms with van der Waals surface area (Å²) in [5.41, 5.74) is 1.25. The van der Waals surface area contributed by atoms with E-state index in [2.05, 4.69) is 10.3 Å². The Morgan fingerprint density at radius 1 is 1.14 bits per heavy atom. The van der Waals surface area contributed by atoms with Gasteiger partial charge in [-0.05, 0) is 42.7 Å². The van der Waals surface area contributed by atoms with E-state index in [4.69, 9.17) is 0 Å². The van der Waals surface area contributed by atoms with Crippen LogP contribution in [-0.4, -0.2) is 43.0 Å². The number of para-hydroxylation sites is 1. The van der Waals surface area contributed by atoms with Crippen molar-refractivity contribution in [2.24, 2.45) is 0 Å². The predicted octanol–water partition coefficient (Wildman–Crippen LogP) is 4.30. The second-order valence-electron chi connectivity index (χ2n) is 5.89. The van der Waals surface area contributed by atoms with Gasteiger partial charge in [-0.1, -0.05) is 31.3 Å². The Balaban J connectivity index is 1.80. The number of rotatable bonds is 7. The van der Waals surface area contributed by atoms with Crippen molar-refractivity contribution in [3.63, 3.8) is 0 Å². The van der Waals surface area contributed by atoms with Gasteiger partial charge in [-0.25, -0.2) is 13.4 Å². The SMILES string of the molecule is CCN(CC)S(=O)(=O)c1ccc(C(=O)Nc2nc3c(SC)cccc3s2)cc1. The van der Waals surface area contributed by atoms with Crippen LogP contribution in [0, 0.1) is 0 Å². The van der Waals surface area contributed by atoms with Crippen LogP contribution in [0.15, 0.2) is 52.3 Å². The third-order valence-corrected chi connectivity index (χ3v) is 8.05. The van der Waals surface area contributed by atoms with Gasteiger partial charge < -0.3 is 0 Å². The van der Waals surface area contributed by atoms with E-state index in [1.807, 2.05) is 24.5 Å². The zero-order valence-electron chi connectivity index (χ0n) is 15.8. The lowest BCUT2D eigenvalue weighted by molar-refractivity contribution is 0.102. The number of benzene rings is 2. The monoisotopic (exact) mass is 435 g/mol. The van der Waals surface area contributed by atoms with Gasteiger partial charge in [0.25, 0.3) is 5.91 Å². The maximum Gasteiger partial charge on any atom is 0.257 e. The molecule has 0 atom stereocenters. The van der Waals surface area contributed by atoms with Gasteiger partial charge in [0.05, 0.1) is 15.1 Å². The molecule has 28 heavy (non-hydrogen) atoms. The zero-order valence-corrected chi connectivity index (χ0v) is 18.2. The van der Waals surface area contributed by atoms with Gasteiger partial charge in [-0.2, -0.15) is 4.31 Å². The van der Waals surface area contributed by atoms with Gasteiger partial charge in [-0.15, -0.1) is 11.8 Å². The molecule has 3 aromatic rings. The van der Waals surface area contributed by atoms with Gasteiger partial charge >= 0.3 is 0 Å². The fraction of sp³-hybridized carbons (Fsp3) is 0.263. The molecular weight excluding hydrogens is 414 g/mol. The molecule has 0 aliphatic rings. The molecule has 0 unspecified atom stereocenters. The highest BCUT2D eigenvalue weighted by molar-refractivity contribution is 7.98. The van der Waals surface area contributed by atoms with Crippen molar-refractivity contribution in [2.75, 3.05) is 24.7 Å². The summed E-state index contributed by atoms with van der Waals surface area (Å²) in [6, 6.07) is 11.9. The van der Waals surface area contributed by atoms with Crippen LogP contribution in [0.2, 0.25) is 0 Å². The van der Waals surface area contributed by atoms with Gasteiger partial charge in [0.15, 0.2) is 5.13 Å². The summed E-state index contributed by atoms with van der Waals surface area (Å²) in [6.45, 7) is 4.39. The predicted molar refractivity (Wildman–Crippen MR) is 116 cm³/mol. The number of hydrogen-bond donors (Lipinski definition) is 1. The van der Waals surface area contributed by atoms with Crippen LogP contribution >= 0.6 is 23.1 Å². The number of amides is 1. The molecule has 3 rings (SSSR count). The second kappa shape index (κ2) is 8.60. The average molecular weight is 436 g/mol. The summed E-state index contributed by atoms with van der Waals surface area (Å²) >= 11 is 3.02. The van der Waals surface area contributed by atoms with Gasteiger partial charge in [0.1, 0.15) is 0 Å². The van der Waals surface area contributed by atoms with E-state index >= 15 is 0 Å². The Kier molecular flexibility index (Phi) is 6.39. The number of anilines is 1. The summed E-state index contributed by atoms with van der Waals surface area (Å²) in [4.78, 5) is 18.3. The Hall–Kier alpha value is -1.94. The molecule has 1 aromatic heterocycles. The second-order valence-corrected chi connectivity index (χ2v) is 9.71. The van der Waals surface area contributed by atoms with E-state index in [-0.39, 0.29) is 10.8 Å². The van der Waals surface area contributed by atoms with E-state index in [1.54, 1.807) is 25.6 Å². The molecule has 0 saturated heterocycles. The summed E-state index contributed by atoms with van der Waals surface area (Å²) in [5.74, 6) is -0.323. The van der Waals surface area contributed by atoms with Crippen LogP contribution in [0.1, 0.15) is 24.2 Å². The van der Waals surface area contributed by atoms with Crippen molar-refractivity contribution in [1.82, 2.24) is 9.29 Å². The standard InChI is InChI=1S/C19H21N3O3S3/c1-4-22(5-2)28(24,25)14-11-9-13(10-12-14)18(23)21-19-20-17-15(26-3)7-6-8-16(17)27-19/h6-12H,4-5H2,1-3H3,(H,20,21,23). The lowest BCUT2D eigenvalue weighted by atomic mass is 10.2. The molecular formula is C19H21N3O3S3. The van der Waals surface area contributed by atoms with Crippen molar-refractivity contribution in [1.29, 1.82) is 0 Å². The van der Waals surface area contributed by atoms with Crippen molar-refractivity contribution in [3.8, 4) is 0 Å². The number of thioether (sulfide) groups is 1. The van der Waals surface area contributed by atoms with Crippen LogP contribution < -0.4 is 5.32 Å². The van der Waals surface area contributed by atoms with E-state index in [0.717, 1.165) is 15.1 Å². The third kappa shape index (κ3) is 4.07. The molecule has 1 amide bonds. The first-order valence-electron chi connectivity index (χ1n) is 8.75. The topological polar surface area (TPSA) is 79.4 Å². The number of aromatic nitrogens is 1. The first-order valence-corrected chi connectivity index (χ1v) is 12.2. The first-order chi connectivity index (χ1) is 13.4. The molecule has 148 valence electrons. The minimum absolute atomic E-state index is 0.178. The maximum atomic E-state index is 12.5. The first kappa shape index (κ1) is 20.8. The molecule has 0 saturated carbocycles. The number of nitrogens with zero attached hydrogens (tertiary/aromatic N) is 2. The highest BCUT2D eigenvalue weighted by atomic mass is 32.2. The van der Waals surface area contributed by atoms with E-state index in [1.165, 1.54) is 39.9 Å². The Labute approximate surface area is 173 Å². The van der Waals surface area contributed by atoms with Crippen LogP contribution in [0.4, 0.5) is 5.13 Å². The molecule has 0 bridgehead atoms. The third-order valence-electron chi connectivity index (χ3n) is 4.28. The fourth-order valence-corrected chi connectivity index (χ4v) is 5.78. The van der Waals surface area contributed by atoms with Crippen molar-refractivity contribution < 1.29 is 13.2 Å². The quantitative estimate of drug-likeness (QED) is 0.560. The molecule has 0 radical (unpaired) electrons.